The van der Waals surface area contributed by atoms with E-state index in [1.54, 1.807) is 23.6 Å². The van der Waals surface area contributed by atoms with Crippen molar-refractivity contribution in [3.63, 3.8) is 0 Å². The van der Waals surface area contributed by atoms with Gasteiger partial charge in [0, 0.05) is 21.5 Å². The first-order valence-corrected chi connectivity index (χ1v) is 11.9. The summed E-state index contributed by atoms with van der Waals surface area (Å²) in [6.07, 6.45) is 2.96. The Hall–Kier alpha value is -2.00. The molecule has 0 saturated carbocycles. The number of allylic oxidation sites excluding steroid dienone is 1. The number of anilines is 1. The van der Waals surface area contributed by atoms with E-state index in [1.807, 2.05) is 32.0 Å². The number of fused-ring (bicyclic) bond motifs is 1. The summed E-state index contributed by atoms with van der Waals surface area (Å²) >= 11 is 5.16. The molecule has 1 aliphatic heterocycles. The van der Waals surface area contributed by atoms with Gasteiger partial charge in [0.1, 0.15) is 11.8 Å². The van der Waals surface area contributed by atoms with Crippen LogP contribution in [0.1, 0.15) is 51.6 Å². The fraction of sp³-hybridized carbons (Fsp3) is 0.476. The summed E-state index contributed by atoms with van der Waals surface area (Å²) in [5.41, 5.74) is 2.02. The van der Waals surface area contributed by atoms with Crippen molar-refractivity contribution in [2.24, 2.45) is 0 Å². The Morgan fingerprint density at radius 2 is 2.13 bits per heavy atom. The van der Waals surface area contributed by atoms with Gasteiger partial charge < -0.3 is 14.8 Å². The Kier molecular flexibility index (Phi) is 7.82. The first-order chi connectivity index (χ1) is 14.5. The number of benzene rings is 1. The topological polar surface area (TPSA) is 78.3 Å². The maximum Gasteiger partial charge on any atom is 0.338 e. The molecule has 0 aliphatic carbocycles. The molecule has 3 rings (SSSR count). The first-order valence-electron chi connectivity index (χ1n) is 10.1. The normalized spacial score (nSPS) is 15.6. The Bertz CT molecular complexity index is 944. The molecule has 0 amide bonds. The van der Waals surface area contributed by atoms with Crippen molar-refractivity contribution in [1.82, 2.24) is 14.8 Å². The molecular formula is C21H27BrN4O3S. The van der Waals surface area contributed by atoms with Crippen molar-refractivity contribution in [2.45, 2.75) is 51.2 Å². The van der Waals surface area contributed by atoms with Gasteiger partial charge in [-0.15, -0.1) is 5.10 Å². The minimum atomic E-state index is -0.508. The summed E-state index contributed by atoms with van der Waals surface area (Å²) < 4.78 is 13.8. The molecule has 1 aromatic carbocycles. The van der Waals surface area contributed by atoms with E-state index in [4.69, 9.17) is 14.6 Å². The molecule has 1 aliphatic rings. The number of rotatable bonds is 9. The number of nitrogens with zero attached hydrogens (tertiary/aromatic N) is 3. The molecule has 9 heteroatoms. The number of halogens is 1. The molecule has 7 nitrogen and oxygen atoms in total. The van der Waals surface area contributed by atoms with Crippen molar-refractivity contribution in [2.75, 3.05) is 24.8 Å². The summed E-state index contributed by atoms with van der Waals surface area (Å²) in [7, 11) is 1.62. The average Bonchev–Trinajstić information content (AvgIpc) is 3.13. The number of thioether (sulfide) groups is 1. The van der Waals surface area contributed by atoms with E-state index in [2.05, 4.69) is 33.2 Å². The van der Waals surface area contributed by atoms with Crippen LogP contribution in [0.2, 0.25) is 0 Å². The molecule has 0 spiro atoms. The number of nitrogens with one attached hydrogen (secondary N) is 1. The van der Waals surface area contributed by atoms with Crippen LogP contribution < -0.4 is 10.1 Å². The molecule has 2 aromatic rings. The lowest BCUT2D eigenvalue weighted by Crippen LogP contribution is -2.30. The summed E-state index contributed by atoms with van der Waals surface area (Å²) in [4.78, 5) is 17.7. The number of ether oxygens (including phenoxy) is 2. The van der Waals surface area contributed by atoms with Gasteiger partial charge in [-0.05, 0) is 38.0 Å². The van der Waals surface area contributed by atoms with Crippen LogP contribution in [0.4, 0.5) is 5.95 Å². The highest BCUT2D eigenvalue weighted by molar-refractivity contribution is 9.10. The van der Waals surface area contributed by atoms with E-state index in [-0.39, 0.29) is 5.97 Å². The van der Waals surface area contributed by atoms with Crippen LogP contribution in [-0.4, -0.2) is 40.2 Å². The smallest absolute Gasteiger partial charge is 0.338 e. The average molecular weight is 495 g/mol. The largest absolute Gasteiger partial charge is 0.496 e. The third-order valence-electron chi connectivity index (χ3n) is 4.71. The fourth-order valence-corrected chi connectivity index (χ4v) is 4.53. The van der Waals surface area contributed by atoms with Crippen molar-refractivity contribution in [1.29, 1.82) is 0 Å². The van der Waals surface area contributed by atoms with E-state index in [0.29, 0.717) is 34.7 Å². The Balaban J connectivity index is 2.10. The highest BCUT2D eigenvalue weighted by Gasteiger charge is 2.37. The second-order valence-electron chi connectivity index (χ2n) is 6.95. The van der Waals surface area contributed by atoms with Gasteiger partial charge >= 0.3 is 5.97 Å². The van der Waals surface area contributed by atoms with Crippen LogP contribution >= 0.6 is 27.7 Å². The Morgan fingerprint density at radius 1 is 1.33 bits per heavy atom. The van der Waals surface area contributed by atoms with Crippen LogP contribution in [0.25, 0.3) is 0 Å². The van der Waals surface area contributed by atoms with Gasteiger partial charge in [-0.2, -0.15) is 4.98 Å². The van der Waals surface area contributed by atoms with E-state index < -0.39 is 6.04 Å². The molecule has 30 heavy (non-hydrogen) atoms. The van der Waals surface area contributed by atoms with E-state index in [0.717, 1.165) is 35.1 Å². The molecule has 0 fully saturated rings. The lowest BCUT2D eigenvalue weighted by Gasteiger charge is -2.29. The molecule has 0 radical (unpaired) electrons. The Morgan fingerprint density at radius 3 is 2.83 bits per heavy atom. The molecule has 0 bridgehead atoms. The second kappa shape index (κ2) is 10.3. The molecule has 1 atom stereocenters. The van der Waals surface area contributed by atoms with Crippen LogP contribution in [0.5, 0.6) is 5.75 Å². The third-order valence-corrected chi connectivity index (χ3v) is 6.12. The molecule has 1 N–H and O–H groups in total. The van der Waals surface area contributed by atoms with Crippen LogP contribution in [0, 0.1) is 0 Å². The maximum atomic E-state index is 13.0. The van der Waals surface area contributed by atoms with Gasteiger partial charge in [0.05, 0.1) is 19.3 Å². The van der Waals surface area contributed by atoms with Gasteiger partial charge in [0.25, 0.3) is 0 Å². The summed E-state index contributed by atoms with van der Waals surface area (Å²) in [5, 5.41) is 8.64. The lowest BCUT2D eigenvalue weighted by molar-refractivity contribution is -0.139. The van der Waals surface area contributed by atoms with Crippen LogP contribution in [0.3, 0.4) is 0 Å². The Labute approximate surface area is 189 Å². The SMILES string of the molecule is CCCCSc1nc2n(n1)C(c1cc(Br)ccc1OC)C(C(=O)OCCC)=C(C)N2. The molecule has 0 saturated heterocycles. The second-order valence-corrected chi connectivity index (χ2v) is 8.93. The quantitative estimate of drug-likeness (QED) is 0.292. The van der Waals surface area contributed by atoms with Crippen molar-refractivity contribution >= 4 is 39.6 Å². The summed E-state index contributed by atoms with van der Waals surface area (Å²) in [6, 6.07) is 5.22. The van der Waals surface area contributed by atoms with Crippen molar-refractivity contribution in [3.8, 4) is 5.75 Å². The maximum absolute atomic E-state index is 13.0. The lowest BCUT2D eigenvalue weighted by atomic mass is 9.95. The number of unbranched alkanes of at least 4 members (excludes halogenated alkanes) is 1. The number of hydrogen-bond acceptors (Lipinski definition) is 7. The number of carbonyl (C=O) groups excluding carboxylic acids is 1. The van der Waals surface area contributed by atoms with E-state index in [9.17, 15) is 4.79 Å². The fourth-order valence-electron chi connectivity index (χ4n) is 3.24. The predicted molar refractivity (Wildman–Crippen MR) is 122 cm³/mol. The van der Waals surface area contributed by atoms with E-state index in [1.165, 1.54) is 0 Å². The molecule has 2 heterocycles. The van der Waals surface area contributed by atoms with Crippen LogP contribution in [-0.2, 0) is 9.53 Å². The zero-order valence-electron chi connectivity index (χ0n) is 17.7. The molecule has 162 valence electrons. The van der Waals surface area contributed by atoms with Crippen LogP contribution in [0.15, 0.2) is 39.1 Å². The minimum Gasteiger partial charge on any atom is -0.496 e. The standard InChI is InChI=1S/C21H27BrN4O3S/c1-5-7-11-30-21-24-20-23-13(3)17(19(27)29-10-6-2)18(26(20)25-21)15-12-14(22)8-9-16(15)28-4/h8-9,12,18H,5-7,10-11H2,1-4H3,(H,23,24,25). The zero-order chi connectivity index (χ0) is 21.7. The van der Waals surface area contributed by atoms with Gasteiger partial charge in [-0.1, -0.05) is 48.0 Å². The minimum absolute atomic E-state index is 0.361. The molecular weight excluding hydrogens is 468 g/mol. The number of hydrogen-bond donors (Lipinski definition) is 1. The highest BCUT2D eigenvalue weighted by atomic mass is 79.9. The van der Waals surface area contributed by atoms with Gasteiger partial charge in [0.15, 0.2) is 0 Å². The van der Waals surface area contributed by atoms with Gasteiger partial charge in [-0.3, -0.25) is 0 Å². The number of methoxy groups -OCH3 is 1. The zero-order valence-corrected chi connectivity index (χ0v) is 20.1. The predicted octanol–water partition coefficient (Wildman–Crippen LogP) is 5.18. The molecule has 1 unspecified atom stereocenters. The third kappa shape index (κ3) is 4.83. The van der Waals surface area contributed by atoms with Gasteiger partial charge in [-0.25, -0.2) is 9.48 Å². The summed E-state index contributed by atoms with van der Waals surface area (Å²) in [6.45, 7) is 6.35. The van der Waals surface area contributed by atoms with Crippen molar-refractivity contribution < 1.29 is 14.3 Å². The van der Waals surface area contributed by atoms with Gasteiger partial charge in [0.2, 0.25) is 11.1 Å². The highest BCUT2D eigenvalue weighted by Crippen LogP contribution is 2.41. The monoisotopic (exact) mass is 494 g/mol. The van der Waals surface area contributed by atoms with E-state index >= 15 is 0 Å². The number of carbonyl (C=O) groups is 1. The van der Waals surface area contributed by atoms with Crippen molar-refractivity contribution in [3.05, 3.63) is 39.5 Å². The summed E-state index contributed by atoms with van der Waals surface area (Å²) in [5.74, 6) is 1.85. The first kappa shape index (κ1) is 22.7. The number of esters is 1. The molecule has 1 aromatic heterocycles. The number of aromatic nitrogens is 3.